The van der Waals surface area contributed by atoms with Gasteiger partial charge in [0.15, 0.2) is 11.5 Å². The third kappa shape index (κ3) is 4.07. The van der Waals surface area contributed by atoms with Crippen molar-refractivity contribution >= 4 is 27.8 Å². The smallest absolute Gasteiger partial charge is 0.178 e. The molecule has 0 aliphatic carbocycles. The minimum atomic E-state index is -0.748. The standard InChI is InChI=1S/C27H23FN8O/c1-14(2)27(37)32-16-11-15(12-29-13-16)17-6-7-20-21(22(17)28)24(36-35-20)26-33-23-18(8-10-31-25(23)34-26)19-5-3-4-9-30-19/h3-14,27,32,37H,1-2H3,(H,35,36)(H,31,33,34). The Morgan fingerprint density at radius 3 is 2.70 bits per heavy atom. The van der Waals surface area contributed by atoms with Crippen LogP contribution in [0.4, 0.5) is 10.1 Å². The van der Waals surface area contributed by atoms with Crippen molar-refractivity contribution < 1.29 is 9.50 Å². The lowest BCUT2D eigenvalue weighted by molar-refractivity contribution is 0.153. The number of hydrogen-bond donors (Lipinski definition) is 4. The predicted octanol–water partition coefficient (Wildman–Crippen LogP) is 5.15. The highest BCUT2D eigenvalue weighted by Crippen LogP contribution is 2.35. The Bertz CT molecular complexity index is 1730. The van der Waals surface area contributed by atoms with Crippen molar-refractivity contribution in [1.29, 1.82) is 0 Å². The Morgan fingerprint density at radius 1 is 1.00 bits per heavy atom. The summed E-state index contributed by atoms with van der Waals surface area (Å²) >= 11 is 0. The van der Waals surface area contributed by atoms with Crippen LogP contribution in [0, 0.1) is 11.7 Å². The van der Waals surface area contributed by atoms with Gasteiger partial charge >= 0.3 is 0 Å². The fourth-order valence-electron chi connectivity index (χ4n) is 4.23. The van der Waals surface area contributed by atoms with Gasteiger partial charge in [0.25, 0.3) is 0 Å². The van der Waals surface area contributed by atoms with Gasteiger partial charge in [-0.25, -0.2) is 14.4 Å². The summed E-state index contributed by atoms with van der Waals surface area (Å²) in [5, 5.41) is 20.8. The zero-order valence-electron chi connectivity index (χ0n) is 20.1. The van der Waals surface area contributed by atoms with E-state index in [0.29, 0.717) is 50.4 Å². The van der Waals surface area contributed by atoms with Gasteiger partial charge in [0.05, 0.1) is 34.0 Å². The number of nitrogens with one attached hydrogen (secondary N) is 3. The van der Waals surface area contributed by atoms with E-state index in [1.165, 1.54) is 0 Å². The van der Waals surface area contributed by atoms with Crippen LogP contribution in [0.5, 0.6) is 0 Å². The van der Waals surface area contributed by atoms with Gasteiger partial charge in [0.2, 0.25) is 0 Å². The predicted molar refractivity (Wildman–Crippen MR) is 140 cm³/mol. The molecule has 0 saturated carbocycles. The van der Waals surface area contributed by atoms with Crippen molar-refractivity contribution in [3.05, 3.63) is 73.1 Å². The topological polar surface area (TPSA) is 128 Å². The van der Waals surface area contributed by atoms with Gasteiger partial charge in [0.1, 0.15) is 17.7 Å². The molecule has 10 heteroatoms. The first kappa shape index (κ1) is 22.7. The van der Waals surface area contributed by atoms with Crippen LogP contribution in [0.25, 0.3) is 56.0 Å². The Labute approximate surface area is 210 Å². The second-order valence-electron chi connectivity index (χ2n) is 9.07. The lowest BCUT2D eigenvalue weighted by atomic mass is 10.0. The lowest BCUT2D eigenvalue weighted by Crippen LogP contribution is -2.24. The summed E-state index contributed by atoms with van der Waals surface area (Å²) in [6.07, 6.45) is 5.82. The van der Waals surface area contributed by atoms with Crippen molar-refractivity contribution in [2.45, 2.75) is 20.1 Å². The molecule has 0 radical (unpaired) electrons. The summed E-state index contributed by atoms with van der Waals surface area (Å²) in [7, 11) is 0. The average molecular weight is 495 g/mol. The van der Waals surface area contributed by atoms with Crippen molar-refractivity contribution in [3.63, 3.8) is 0 Å². The van der Waals surface area contributed by atoms with E-state index in [9.17, 15) is 5.11 Å². The molecule has 1 unspecified atom stereocenters. The molecule has 5 aromatic heterocycles. The minimum Gasteiger partial charge on any atom is -0.374 e. The first-order valence-electron chi connectivity index (χ1n) is 11.8. The van der Waals surface area contributed by atoms with E-state index in [0.717, 1.165) is 11.3 Å². The maximum absolute atomic E-state index is 16.0. The van der Waals surface area contributed by atoms with E-state index in [1.807, 2.05) is 38.1 Å². The fraction of sp³-hybridized carbons (Fsp3) is 0.148. The second-order valence-corrected chi connectivity index (χ2v) is 9.07. The molecule has 0 bridgehead atoms. The summed E-state index contributed by atoms with van der Waals surface area (Å²) in [5.41, 5.74) is 5.18. The maximum Gasteiger partial charge on any atom is 0.178 e. The number of fused-ring (bicyclic) bond motifs is 2. The highest BCUT2D eigenvalue weighted by molar-refractivity contribution is 5.97. The summed E-state index contributed by atoms with van der Waals surface area (Å²) < 4.78 is 16.0. The normalized spacial score (nSPS) is 12.5. The van der Waals surface area contributed by atoms with Crippen LogP contribution in [-0.2, 0) is 0 Å². The number of nitrogens with zero attached hydrogens (tertiary/aromatic N) is 5. The number of pyridine rings is 3. The van der Waals surface area contributed by atoms with Crippen LogP contribution in [0.3, 0.4) is 0 Å². The number of aliphatic hydroxyl groups excluding tert-OH is 1. The van der Waals surface area contributed by atoms with Crippen molar-refractivity contribution in [3.8, 4) is 33.9 Å². The van der Waals surface area contributed by atoms with Crippen molar-refractivity contribution in [2.75, 3.05) is 5.32 Å². The summed E-state index contributed by atoms with van der Waals surface area (Å²) in [6.45, 7) is 3.80. The minimum absolute atomic E-state index is 0.00159. The first-order valence-corrected chi connectivity index (χ1v) is 11.8. The molecule has 6 rings (SSSR count). The molecule has 184 valence electrons. The largest absolute Gasteiger partial charge is 0.374 e. The molecule has 0 spiro atoms. The summed E-state index contributed by atoms with van der Waals surface area (Å²) in [6, 6.07) is 12.7. The van der Waals surface area contributed by atoms with Crippen LogP contribution < -0.4 is 5.32 Å². The van der Waals surface area contributed by atoms with E-state index in [-0.39, 0.29) is 5.92 Å². The molecular formula is C27H23FN8O. The Kier molecular flexibility index (Phi) is 5.57. The molecule has 4 N–H and O–H groups in total. The van der Waals surface area contributed by atoms with E-state index in [2.05, 4.69) is 40.4 Å². The monoisotopic (exact) mass is 494 g/mol. The number of aliphatic hydroxyl groups is 1. The number of imidazole rings is 1. The van der Waals surface area contributed by atoms with Gasteiger partial charge in [-0.15, -0.1) is 0 Å². The SMILES string of the molecule is CC(C)C(O)Nc1cncc(-c2ccc3[nH]nc(-c4nc5nccc(-c6ccccn6)c5[nH]4)c3c2F)c1. The van der Waals surface area contributed by atoms with Gasteiger partial charge in [-0.3, -0.25) is 15.1 Å². The number of anilines is 1. The molecular weight excluding hydrogens is 471 g/mol. The quantitative estimate of drug-likeness (QED) is 0.236. The van der Waals surface area contributed by atoms with Crippen LogP contribution >= 0.6 is 0 Å². The van der Waals surface area contributed by atoms with Gasteiger partial charge in [0, 0.05) is 35.3 Å². The number of H-pyrrole nitrogens is 2. The molecule has 0 saturated heterocycles. The molecule has 1 aromatic carbocycles. The molecule has 9 nitrogen and oxygen atoms in total. The highest BCUT2D eigenvalue weighted by Gasteiger charge is 2.21. The molecule has 1 atom stereocenters. The van der Waals surface area contributed by atoms with Gasteiger partial charge in [-0.05, 0) is 42.3 Å². The number of aromatic nitrogens is 7. The van der Waals surface area contributed by atoms with Gasteiger partial charge < -0.3 is 15.4 Å². The van der Waals surface area contributed by atoms with Crippen molar-refractivity contribution in [2.24, 2.45) is 5.92 Å². The van der Waals surface area contributed by atoms with E-state index >= 15 is 4.39 Å². The third-order valence-electron chi connectivity index (χ3n) is 6.22. The number of rotatable bonds is 6. The number of hydrogen-bond acceptors (Lipinski definition) is 7. The van der Waals surface area contributed by atoms with Crippen LogP contribution in [0.2, 0.25) is 0 Å². The van der Waals surface area contributed by atoms with Crippen LogP contribution in [-0.4, -0.2) is 46.5 Å². The average Bonchev–Trinajstić information content (AvgIpc) is 3.54. The van der Waals surface area contributed by atoms with Gasteiger partial charge in [-0.2, -0.15) is 5.10 Å². The lowest BCUT2D eigenvalue weighted by Gasteiger charge is -2.17. The molecule has 5 heterocycles. The van der Waals surface area contributed by atoms with E-state index in [4.69, 9.17) is 0 Å². The van der Waals surface area contributed by atoms with Crippen LogP contribution in [0.1, 0.15) is 13.8 Å². The van der Waals surface area contributed by atoms with E-state index in [1.54, 1.807) is 43.0 Å². The molecule has 0 aliphatic heterocycles. The molecule has 0 fully saturated rings. The van der Waals surface area contributed by atoms with E-state index < -0.39 is 12.0 Å². The summed E-state index contributed by atoms with van der Waals surface area (Å²) in [5.74, 6) is -0.0635. The number of aromatic amines is 2. The molecule has 37 heavy (non-hydrogen) atoms. The Morgan fingerprint density at radius 2 is 1.89 bits per heavy atom. The molecule has 6 aromatic rings. The Balaban J connectivity index is 1.45. The zero-order valence-corrected chi connectivity index (χ0v) is 20.1. The molecule has 0 aliphatic rings. The van der Waals surface area contributed by atoms with Crippen molar-refractivity contribution in [1.82, 2.24) is 35.1 Å². The van der Waals surface area contributed by atoms with Crippen LogP contribution in [0.15, 0.2) is 67.3 Å². The fourth-order valence-corrected chi connectivity index (χ4v) is 4.23. The summed E-state index contributed by atoms with van der Waals surface area (Å²) in [4.78, 5) is 20.9. The zero-order chi connectivity index (χ0) is 25.5. The number of benzene rings is 1. The Hall–Kier alpha value is -4.70. The first-order chi connectivity index (χ1) is 18.0. The molecule has 0 amide bonds. The third-order valence-corrected chi connectivity index (χ3v) is 6.22. The second kappa shape index (κ2) is 9.07. The number of halogens is 1. The maximum atomic E-state index is 16.0. The highest BCUT2D eigenvalue weighted by atomic mass is 19.1. The van der Waals surface area contributed by atoms with Gasteiger partial charge in [-0.1, -0.05) is 19.9 Å².